The maximum atomic E-state index is 2.37. The fourth-order valence-corrected chi connectivity index (χ4v) is 4.36. The number of rotatable bonds is 23. The Morgan fingerprint density at radius 2 is 0.750 bits per heavy atom. The van der Waals surface area contributed by atoms with Gasteiger partial charge in [0.15, 0.2) is 0 Å². The van der Waals surface area contributed by atoms with Crippen LogP contribution in [0.5, 0.6) is 0 Å². The molecule has 0 rings (SSSR count). The summed E-state index contributed by atoms with van der Waals surface area (Å²) >= 11 is 0. The van der Waals surface area contributed by atoms with E-state index in [1.807, 2.05) is 0 Å². The van der Waals surface area contributed by atoms with E-state index >= 15 is 0 Å². The Morgan fingerprint density at radius 1 is 0.429 bits per heavy atom. The average molecular weight is 396 g/mol. The lowest BCUT2D eigenvalue weighted by atomic mass is 9.91. The first-order chi connectivity index (χ1) is 13.7. The van der Waals surface area contributed by atoms with E-state index in [9.17, 15) is 0 Å². The van der Waals surface area contributed by atoms with Gasteiger partial charge < -0.3 is 4.90 Å². The molecule has 0 heterocycles. The summed E-state index contributed by atoms with van der Waals surface area (Å²) in [4.78, 5) is 2.37. The molecule has 0 aliphatic carbocycles. The van der Waals surface area contributed by atoms with E-state index in [-0.39, 0.29) is 0 Å². The van der Waals surface area contributed by atoms with Gasteiger partial charge in [-0.15, -0.1) is 0 Å². The van der Waals surface area contributed by atoms with Crippen LogP contribution < -0.4 is 0 Å². The maximum absolute atomic E-state index is 2.37. The van der Waals surface area contributed by atoms with E-state index in [2.05, 4.69) is 32.8 Å². The van der Waals surface area contributed by atoms with Gasteiger partial charge in [-0.25, -0.2) is 0 Å². The van der Waals surface area contributed by atoms with Crippen molar-refractivity contribution in [1.82, 2.24) is 4.90 Å². The Hall–Kier alpha value is -0.0400. The van der Waals surface area contributed by atoms with Gasteiger partial charge in [0, 0.05) is 0 Å². The summed E-state index contributed by atoms with van der Waals surface area (Å²) in [5.74, 6) is 0.983. The minimum absolute atomic E-state index is 0.983. The molecular formula is C27H57N. The second kappa shape index (κ2) is 23.2. The molecule has 0 aromatic rings. The lowest BCUT2D eigenvalue weighted by Gasteiger charge is -2.19. The van der Waals surface area contributed by atoms with Crippen LogP contribution in [0.3, 0.4) is 0 Å². The minimum Gasteiger partial charge on any atom is -0.309 e. The topological polar surface area (TPSA) is 3.24 Å². The molecule has 0 aliphatic heterocycles. The second-order valence-corrected chi connectivity index (χ2v) is 9.69. The zero-order chi connectivity index (χ0) is 20.7. The number of hydrogen-bond acceptors (Lipinski definition) is 1. The number of nitrogens with zero attached hydrogens (tertiary/aromatic N) is 1. The molecule has 1 heteroatoms. The molecule has 28 heavy (non-hydrogen) atoms. The predicted molar refractivity (Wildman–Crippen MR) is 130 cm³/mol. The van der Waals surface area contributed by atoms with Gasteiger partial charge in [-0.2, -0.15) is 0 Å². The van der Waals surface area contributed by atoms with Crippen molar-refractivity contribution in [3.8, 4) is 0 Å². The van der Waals surface area contributed by atoms with Gasteiger partial charge in [-0.3, -0.25) is 0 Å². The van der Waals surface area contributed by atoms with Crippen molar-refractivity contribution < 1.29 is 0 Å². The molecule has 1 unspecified atom stereocenters. The third kappa shape index (κ3) is 22.3. The summed E-state index contributed by atoms with van der Waals surface area (Å²) in [7, 11) is 4.46. The zero-order valence-electron chi connectivity index (χ0n) is 20.6. The average Bonchev–Trinajstić information content (AvgIpc) is 2.68. The predicted octanol–water partition coefficient (Wildman–Crippen LogP) is 9.40. The molecule has 1 nitrogen and oxygen atoms in total. The van der Waals surface area contributed by atoms with Crippen molar-refractivity contribution in [2.45, 2.75) is 149 Å². The molecule has 0 amide bonds. The maximum Gasteiger partial charge on any atom is -0.00222 e. The Balaban J connectivity index is 3.64. The van der Waals surface area contributed by atoms with Crippen molar-refractivity contribution in [3.05, 3.63) is 0 Å². The van der Waals surface area contributed by atoms with Gasteiger partial charge in [-0.05, 0) is 33.0 Å². The Morgan fingerprint density at radius 3 is 1.07 bits per heavy atom. The SMILES string of the molecule is CCCCCCCCCCCCC(CCCCCCCCCC)CCN(C)C. The smallest absolute Gasteiger partial charge is 0.00222 e. The highest BCUT2D eigenvalue weighted by Crippen LogP contribution is 2.22. The summed E-state index contributed by atoms with van der Waals surface area (Å²) < 4.78 is 0. The second-order valence-electron chi connectivity index (χ2n) is 9.69. The quantitative estimate of drug-likeness (QED) is 0.156. The van der Waals surface area contributed by atoms with E-state index in [0.29, 0.717) is 0 Å². The van der Waals surface area contributed by atoms with Crippen LogP contribution >= 0.6 is 0 Å². The molecule has 0 N–H and O–H groups in total. The first-order valence-electron chi connectivity index (χ1n) is 13.3. The monoisotopic (exact) mass is 395 g/mol. The first kappa shape index (κ1) is 28.0. The molecule has 0 spiro atoms. The van der Waals surface area contributed by atoms with Crippen LogP contribution in [0.4, 0.5) is 0 Å². The Bertz CT molecular complexity index is 273. The van der Waals surface area contributed by atoms with Crippen LogP contribution in [0.15, 0.2) is 0 Å². The van der Waals surface area contributed by atoms with E-state index in [4.69, 9.17) is 0 Å². The van der Waals surface area contributed by atoms with Gasteiger partial charge in [0.2, 0.25) is 0 Å². The molecule has 0 fully saturated rings. The first-order valence-corrected chi connectivity index (χ1v) is 13.3. The minimum atomic E-state index is 0.983. The van der Waals surface area contributed by atoms with Crippen molar-refractivity contribution in [3.63, 3.8) is 0 Å². The van der Waals surface area contributed by atoms with Gasteiger partial charge in [0.05, 0.1) is 0 Å². The number of hydrogen-bond donors (Lipinski definition) is 0. The molecule has 0 bridgehead atoms. The highest BCUT2D eigenvalue weighted by molar-refractivity contribution is 4.63. The fraction of sp³-hybridized carbons (Fsp3) is 1.00. The van der Waals surface area contributed by atoms with Crippen LogP contribution in [0.2, 0.25) is 0 Å². The van der Waals surface area contributed by atoms with Crippen LogP contribution in [0, 0.1) is 5.92 Å². The van der Waals surface area contributed by atoms with Crippen LogP contribution in [0.25, 0.3) is 0 Å². The summed E-state index contributed by atoms with van der Waals surface area (Å²) in [6.07, 6.45) is 30.6. The molecule has 0 saturated carbocycles. The molecular weight excluding hydrogens is 338 g/mol. The third-order valence-electron chi connectivity index (χ3n) is 6.42. The fourth-order valence-electron chi connectivity index (χ4n) is 4.36. The molecule has 0 aliphatic rings. The van der Waals surface area contributed by atoms with Crippen molar-refractivity contribution in [2.24, 2.45) is 5.92 Å². The van der Waals surface area contributed by atoms with Crippen LogP contribution in [0.1, 0.15) is 149 Å². The van der Waals surface area contributed by atoms with Gasteiger partial charge >= 0.3 is 0 Å². The van der Waals surface area contributed by atoms with Crippen LogP contribution in [-0.2, 0) is 0 Å². The molecule has 170 valence electrons. The Kier molecular flexibility index (Phi) is 23.2. The van der Waals surface area contributed by atoms with Crippen molar-refractivity contribution >= 4 is 0 Å². The van der Waals surface area contributed by atoms with E-state index < -0.39 is 0 Å². The third-order valence-corrected chi connectivity index (χ3v) is 6.42. The summed E-state index contributed by atoms with van der Waals surface area (Å²) in [5.41, 5.74) is 0. The van der Waals surface area contributed by atoms with Gasteiger partial charge in [-0.1, -0.05) is 142 Å². The standard InChI is InChI=1S/C27H57N/c1-5-7-9-11-13-15-16-18-20-22-24-27(25-26-28(3)4)23-21-19-17-14-12-10-8-6-2/h27H,5-26H2,1-4H3. The van der Waals surface area contributed by atoms with Crippen LogP contribution in [-0.4, -0.2) is 25.5 Å². The highest BCUT2D eigenvalue weighted by atomic mass is 15.0. The number of unbranched alkanes of at least 4 members (excludes halogenated alkanes) is 16. The van der Waals surface area contributed by atoms with Gasteiger partial charge in [0.1, 0.15) is 0 Å². The van der Waals surface area contributed by atoms with Crippen molar-refractivity contribution in [2.75, 3.05) is 20.6 Å². The summed E-state index contributed by atoms with van der Waals surface area (Å²) in [6, 6.07) is 0. The lowest BCUT2D eigenvalue weighted by molar-refractivity contribution is 0.314. The van der Waals surface area contributed by atoms with E-state index in [1.54, 1.807) is 0 Å². The van der Waals surface area contributed by atoms with Gasteiger partial charge in [0.25, 0.3) is 0 Å². The van der Waals surface area contributed by atoms with Crippen molar-refractivity contribution in [1.29, 1.82) is 0 Å². The normalized spacial score (nSPS) is 12.8. The molecule has 0 radical (unpaired) electrons. The zero-order valence-corrected chi connectivity index (χ0v) is 20.6. The molecule has 1 atom stereocenters. The largest absolute Gasteiger partial charge is 0.309 e. The van der Waals surface area contributed by atoms with E-state index in [1.165, 1.54) is 141 Å². The summed E-state index contributed by atoms with van der Waals surface area (Å²) in [5, 5.41) is 0. The lowest BCUT2D eigenvalue weighted by Crippen LogP contribution is -2.17. The molecule has 0 saturated heterocycles. The molecule has 0 aromatic carbocycles. The molecule has 0 aromatic heterocycles. The summed E-state index contributed by atoms with van der Waals surface area (Å²) in [6.45, 7) is 5.89. The Labute approximate surface area is 180 Å². The highest BCUT2D eigenvalue weighted by Gasteiger charge is 2.09. The van der Waals surface area contributed by atoms with E-state index in [0.717, 1.165) is 5.92 Å².